The zero-order valence-corrected chi connectivity index (χ0v) is 13.9. The summed E-state index contributed by atoms with van der Waals surface area (Å²) in [4.78, 5) is 2.46. The first-order valence-corrected chi connectivity index (χ1v) is 8.50. The fourth-order valence-corrected chi connectivity index (χ4v) is 3.02. The van der Waals surface area contributed by atoms with Gasteiger partial charge in [-0.1, -0.05) is 48.0 Å². The third-order valence-electron chi connectivity index (χ3n) is 4.33. The van der Waals surface area contributed by atoms with Gasteiger partial charge in [-0.05, 0) is 24.1 Å². The van der Waals surface area contributed by atoms with Crippen LogP contribution < -0.4 is 10.1 Å². The number of benzene rings is 2. The van der Waals surface area contributed by atoms with Crippen molar-refractivity contribution < 1.29 is 4.74 Å². The summed E-state index contributed by atoms with van der Waals surface area (Å²) in [6.45, 7) is 8.31. The Morgan fingerprint density at radius 1 is 1.04 bits per heavy atom. The summed E-state index contributed by atoms with van der Waals surface area (Å²) in [6, 6.07) is 17.1. The molecule has 0 bridgehead atoms. The molecule has 2 aromatic rings. The Bertz CT molecular complexity index is 606. The summed E-state index contributed by atoms with van der Waals surface area (Å²) in [5, 5.41) is 3.38. The van der Waals surface area contributed by atoms with Crippen molar-refractivity contribution in [2.45, 2.75) is 13.3 Å². The number of aryl methyl sites for hydroxylation is 1. The van der Waals surface area contributed by atoms with E-state index in [1.165, 1.54) is 16.7 Å². The summed E-state index contributed by atoms with van der Waals surface area (Å²) in [7, 11) is 0. The van der Waals surface area contributed by atoms with Crippen LogP contribution in [0.25, 0.3) is 0 Å². The Labute approximate surface area is 139 Å². The molecule has 1 aliphatic rings. The monoisotopic (exact) mass is 310 g/mol. The normalized spacial score (nSPS) is 15.5. The molecule has 0 saturated carbocycles. The van der Waals surface area contributed by atoms with E-state index in [1.807, 2.05) is 0 Å². The molecule has 1 N–H and O–H groups in total. The number of ether oxygens (including phenoxy) is 1. The van der Waals surface area contributed by atoms with E-state index < -0.39 is 0 Å². The van der Waals surface area contributed by atoms with Crippen molar-refractivity contribution in [3.63, 3.8) is 0 Å². The van der Waals surface area contributed by atoms with Gasteiger partial charge in [0.2, 0.25) is 0 Å². The Hall–Kier alpha value is -1.84. The number of piperazine rings is 1. The first-order chi connectivity index (χ1) is 11.3. The highest BCUT2D eigenvalue weighted by atomic mass is 16.5. The van der Waals surface area contributed by atoms with E-state index in [1.54, 1.807) is 0 Å². The standard InChI is InChI=1S/C20H26N2O/c1-17-7-8-20(23-14-13-22-11-9-21-10-12-22)19(15-17)16-18-5-3-2-4-6-18/h2-8,15,21H,9-14,16H2,1H3. The maximum Gasteiger partial charge on any atom is 0.122 e. The topological polar surface area (TPSA) is 24.5 Å². The Kier molecular flexibility index (Phi) is 5.67. The van der Waals surface area contributed by atoms with Gasteiger partial charge in [0.05, 0.1) is 0 Å². The Morgan fingerprint density at radius 3 is 2.61 bits per heavy atom. The van der Waals surface area contributed by atoms with Gasteiger partial charge in [-0.2, -0.15) is 0 Å². The van der Waals surface area contributed by atoms with Gasteiger partial charge in [0.15, 0.2) is 0 Å². The minimum Gasteiger partial charge on any atom is -0.492 e. The predicted octanol–water partition coefficient (Wildman–Crippen LogP) is 2.87. The van der Waals surface area contributed by atoms with E-state index in [0.29, 0.717) is 0 Å². The Morgan fingerprint density at radius 2 is 1.83 bits per heavy atom. The minimum absolute atomic E-state index is 0.755. The molecule has 1 fully saturated rings. The molecule has 0 aromatic heterocycles. The van der Waals surface area contributed by atoms with E-state index in [9.17, 15) is 0 Å². The quantitative estimate of drug-likeness (QED) is 0.888. The maximum atomic E-state index is 6.11. The minimum atomic E-state index is 0.755. The van der Waals surface area contributed by atoms with Gasteiger partial charge in [0.1, 0.15) is 12.4 Å². The maximum absolute atomic E-state index is 6.11. The van der Waals surface area contributed by atoms with Gasteiger partial charge in [-0.15, -0.1) is 0 Å². The number of hydrogen-bond donors (Lipinski definition) is 1. The molecule has 0 aliphatic carbocycles. The van der Waals surface area contributed by atoms with Crippen LogP contribution in [-0.4, -0.2) is 44.2 Å². The van der Waals surface area contributed by atoms with Crippen molar-refractivity contribution in [3.8, 4) is 5.75 Å². The fraction of sp³-hybridized carbons (Fsp3) is 0.400. The van der Waals surface area contributed by atoms with Crippen LogP contribution in [0, 0.1) is 6.92 Å². The number of nitrogens with zero attached hydrogens (tertiary/aromatic N) is 1. The summed E-state index contributed by atoms with van der Waals surface area (Å²) in [5.41, 5.74) is 3.88. The fourth-order valence-electron chi connectivity index (χ4n) is 3.02. The van der Waals surface area contributed by atoms with Gasteiger partial charge in [-0.25, -0.2) is 0 Å². The highest BCUT2D eigenvalue weighted by Crippen LogP contribution is 2.23. The first-order valence-electron chi connectivity index (χ1n) is 8.50. The van der Waals surface area contributed by atoms with Crippen LogP contribution in [0.15, 0.2) is 48.5 Å². The average Bonchev–Trinajstić information content (AvgIpc) is 2.59. The summed E-state index contributed by atoms with van der Waals surface area (Å²) < 4.78 is 6.11. The predicted molar refractivity (Wildman–Crippen MR) is 95.2 cm³/mol. The third kappa shape index (κ3) is 4.81. The van der Waals surface area contributed by atoms with Crippen molar-refractivity contribution in [2.24, 2.45) is 0 Å². The van der Waals surface area contributed by atoms with Gasteiger partial charge in [-0.3, -0.25) is 4.90 Å². The second-order valence-corrected chi connectivity index (χ2v) is 6.21. The van der Waals surface area contributed by atoms with Gasteiger partial charge in [0, 0.05) is 39.1 Å². The van der Waals surface area contributed by atoms with Crippen LogP contribution in [0.2, 0.25) is 0 Å². The van der Waals surface area contributed by atoms with Crippen molar-refractivity contribution in [2.75, 3.05) is 39.3 Å². The molecule has 1 aliphatic heterocycles. The average molecular weight is 310 g/mol. The zero-order valence-electron chi connectivity index (χ0n) is 13.9. The van der Waals surface area contributed by atoms with E-state index in [0.717, 1.165) is 51.5 Å². The molecule has 0 spiro atoms. The molecule has 23 heavy (non-hydrogen) atoms. The molecule has 0 radical (unpaired) electrons. The van der Waals surface area contributed by atoms with Crippen LogP contribution in [-0.2, 0) is 6.42 Å². The first kappa shape index (κ1) is 16.0. The van der Waals surface area contributed by atoms with Crippen LogP contribution >= 0.6 is 0 Å². The molecule has 122 valence electrons. The zero-order chi connectivity index (χ0) is 15.9. The van der Waals surface area contributed by atoms with E-state index in [2.05, 4.69) is 65.7 Å². The van der Waals surface area contributed by atoms with E-state index >= 15 is 0 Å². The number of nitrogens with one attached hydrogen (secondary N) is 1. The smallest absolute Gasteiger partial charge is 0.122 e. The Balaban J connectivity index is 1.61. The molecule has 3 rings (SSSR count). The molecule has 1 saturated heterocycles. The van der Waals surface area contributed by atoms with Crippen LogP contribution in [0.4, 0.5) is 0 Å². The highest BCUT2D eigenvalue weighted by molar-refractivity contribution is 5.40. The van der Waals surface area contributed by atoms with Crippen molar-refractivity contribution in [1.29, 1.82) is 0 Å². The van der Waals surface area contributed by atoms with Gasteiger partial charge < -0.3 is 10.1 Å². The lowest BCUT2D eigenvalue weighted by Gasteiger charge is -2.27. The number of hydrogen-bond acceptors (Lipinski definition) is 3. The largest absolute Gasteiger partial charge is 0.492 e. The lowest BCUT2D eigenvalue weighted by atomic mass is 10.0. The lowest BCUT2D eigenvalue weighted by Crippen LogP contribution is -2.44. The summed E-state index contributed by atoms with van der Waals surface area (Å²) >= 11 is 0. The molecule has 1 heterocycles. The van der Waals surface area contributed by atoms with E-state index in [4.69, 9.17) is 4.74 Å². The van der Waals surface area contributed by atoms with Gasteiger partial charge >= 0.3 is 0 Å². The number of rotatable bonds is 6. The molecular formula is C20H26N2O. The van der Waals surface area contributed by atoms with Crippen molar-refractivity contribution in [3.05, 3.63) is 65.2 Å². The second kappa shape index (κ2) is 8.14. The van der Waals surface area contributed by atoms with E-state index in [-0.39, 0.29) is 0 Å². The van der Waals surface area contributed by atoms with Crippen molar-refractivity contribution in [1.82, 2.24) is 10.2 Å². The summed E-state index contributed by atoms with van der Waals surface area (Å²) in [6.07, 6.45) is 0.922. The highest BCUT2D eigenvalue weighted by Gasteiger charge is 2.10. The molecule has 0 atom stereocenters. The lowest BCUT2D eigenvalue weighted by molar-refractivity contribution is 0.190. The van der Waals surface area contributed by atoms with Crippen molar-refractivity contribution >= 4 is 0 Å². The molecule has 0 amide bonds. The molecule has 3 heteroatoms. The third-order valence-corrected chi connectivity index (χ3v) is 4.33. The SMILES string of the molecule is Cc1ccc(OCCN2CCNCC2)c(Cc2ccccc2)c1. The van der Waals surface area contributed by atoms with Crippen LogP contribution in [0.3, 0.4) is 0 Å². The van der Waals surface area contributed by atoms with Crippen LogP contribution in [0.5, 0.6) is 5.75 Å². The molecule has 3 nitrogen and oxygen atoms in total. The van der Waals surface area contributed by atoms with Gasteiger partial charge in [0.25, 0.3) is 0 Å². The molecular weight excluding hydrogens is 284 g/mol. The molecule has 2 aromatic carbocycles. The van der Waals surface area contributed by atoms with Crippen LogP contribution in [0.1, 0.15) is 16.7 Å². The second-order valence-electron chi connectivity index (χ2n) is 6.21. The molecule has 0 unspecified atom stereocenters. The summed E-state index contributed by atoms with van der Waals surface area (Å²) in [5.74, 6) is 1.02.